The van der Waals surface area contributed by atoms with Crippen molar-refractivity contribution in [3.05, 3.63) is 36.7 Å². The van der Waals surface area contributed by atoms with E-state index in [0.717, 1.165) is 42.5 Å². The van der Waals surface area contributed by atoms with Crippen LogP contribution in [0.25, 0.3) is 10.8 Å². The molecule has 0 N–H and O–H groups in total. The third kappa shape index (κ3) is 3.92. The SMILES string of the molecule is N#C[C@@H]1C[C@H](F)CN1C(=O)CN1CCC(Oc2cncc3ccccc23)CC1. The second-order valence-electron chi connectivity index (χ2n) is 7.48. The first kappa shape index (κ1) is 18.6. The number of carbonyl (C=O) groups excluding carboxylic acids is 1. The van der Waals surface area contributed by atoms with Gasteiger partial charge in [-0.1, -0.05) is 24.3 Å². The Morgan fingerprint density at radius 1 is 1.29 bits per heavy atom. The summed E-state index contributed by atoms with van der Waals surface area (Å²) in [6, 6.07) is 9.40. The smallest absolute Gasteiger partial charge is 0.237 e. The molecule has 2 aliphatic heterocycles. The number of fused-ring (bicyclic) bond motifs is 1. The maximum atomic E-state index is 13.5. The van der Waals surface area contributed by atoms with Crippen molar-refractivity contribution in [3.63, 3.8) is 0 Å². The molecule has 0 saturated carbocycles. The Balaban J connectivity index is 1.31. The van der Waals surface area contributed by atoms with Crippen LogP contribution < -0.4 is 4.74 Å². The van der Waals surface area contributed by atoms with Crippen molar-refractivity contribution >= 4 is 16.7 Å². The van der Waals surface area contributed by atoms with E-state index in [1.165, 1.54) is 4.90 Å². The van der Waals surface area contributed by atoms with Gasteiger partial charge in [-0.2, -0.15) is 5.26 Å². The van der Waals surface area contributed by atoms with Crippen LogP contribution in [0.3, 0.4) is 0 Å². The molecule has 3 heterocycles. The number of ether oxygens (including phenoxy) is 1. The molecule has 1 amide bonds. The molecule has 1 aromatic heterocycles. The summed E-state index contributed by atoms with van der Waals surface area (Å²) in [5.41, 5.74) is 0. The van der Waals surface area contributed by atoms with Crippen molar-refractivity contribution < 1.29 is 13.9 Å². The maximum Gasteiger partial charge on any atom is 0.237 e. The molecule has 6 nitrogen and oxygen atoms in total. The summed E-state index contributed by atoms with van der Waals surface area (Å²) in [5, 5.41) is 11.2. The number of amides is 1. The largest absolute Gasteiger partial charge is 0.488 e. The predicted octanol–water partition coefficient (Wildman–Crippen LogP) is 2.54. The average Bonchev–Trinajstić information content (AvgIpc) is 3.11. The van der Waals surface area contributed by atoms with Crippen LogP contribution in [0.1, 0.15) is 19.3 Å². The first-order chi connectivity index (χ1) is 13.6. The molecule has 0 bridgehead atoms. The molecule has 2 aromatic rings. The number of carbonyl (C=O) groups is 1. The molecule has 4 rings (SSSR count). The number of hydrogen-bond donors (Lipinski definition) is 0. The number of nitriles is 1. The summed E-state index contributed by atoms with van der Waals surface area (Å²) in [6.45, 7) is 1.73. The highest BCUT2D eigenvalue weighted by Gasteiger charge is 2.36. The number of likely N-dealkylation sites (tertiary alicyclic amines) is 2. The van der Waals surface area contributed by atoms with Gasteiger partial charge in [-0.3, -0.25) is 14.7 Å². The van der Waals surface area contributed by atoms with E-state index < -0.39 is 12.2 Å². The van der Waals surface area contributed by atoms with Crippen molar-refractivity contribution in [2.75, 3.05) is 26.2 Å². The zero-order chi connectivity index (χ0) is 19.5. The van der Waals surface area contributed by atoms with Crippen molar-refractivity contribution in [1.82, 2.24) is 14.8 Å². The van der Waals surface area contributed by atoms with Gasteiger partial charge in [0.15, 0.2) is 0 Å². The molecule has 0 aliphatic carbocycles. The van der Waals surface area contributed by atoms with Crippen LogP contribution in [-0.4, -0.2) is 65.2 Å². The Morgan fingerprint density at radius 3 is 2.86 bits per heavy atom. The monoisotopic (exact) mass is 382 g/mol. The fourth-order valence-electron chi connectivity index (χ4n) is 4.01. The fraction of sp³-hybridized carbons (Fsp3) is 0.476. The van der Waals surface area contributed by atoms with Gasteiger partial charge in [-0.15, -0.1) is 0 Å². The predicted molar refractivity (Wildman–Crippen MR) is 102 cm³/mol. The molecule has 146 valence electrons. The van der Waals surface area contributed by atoms with Crippen LogP contribution >= 0.6 is 0 Å². The summed E-state index contributed by atoms with van der Waals surface area (Å²) in [5.74, 6) is 0.625. The van der Waals surface area contributed by atoms with Crippen molar-refractivity contribution in [2.24, 2.45) is 0 Å². The number of piperidine rings is 1. The van der Waals surface area contributed by atoms with E-state index in [1.807, 2.05) is 36.5 Å². The Hall–Kier alpha value is -2.72. The maximum absolute atomic E-state index is 13.5. The topological polar surface area (TPSA) is 69.5 Å². The number of aromatic nitrogens is 1. The van der Waals surface area contributed by atoms with Gasteiger partial charge < -0.3 is 9.64 Å². The molecule has 0 spiro atoms. The Morgan fingerprint density at radius 2 is 2.07 bits per heavy atom. The molecule has 2 aliphatic rings. The molecule has 1 aromatic carbocycles. The summed E-state index contributed by atoms with van der Waals surface area (Å²) < 4.78 is 19.7. The van der Waals surface area contributed by atoms with Gasteiger partial charge in [0, 0.05) is 36.5 Å². The summed E-state index contributed by atoms with van der Waals surface area (Å²) in [6.07, 6.45) is 4.30. The molecule has 7 heteroatoms. The van der Waals surface area contributed by atoms with Gasteiger partial charge in [0.05, 0.1) is 25.4 Å². The molecule has 0 radical (unpaired) electrons. The van der Waals surface area contributed by atoms with Gasteiger partial charge in [-0.05, 0) is 12.8 Å². The molecule has 0 unspecified atom stereocenters. The van der Waals surface area contributed by atoms with Gasteiger partial charge in [0.1, 0.15) is 24.1 Å². The molecular formula is C21H23FN4O2. The van der Waals surface area contributed by atoms with Crippen molar-refractivity contribution in [3.8, 4) is 11.8 Å². The van der Waals surface area contributed by atoms with E-state index in [0.29, 0.717) is 0 Å². The van der Waals surface area contributed by atoms with Gasteiger partial charge >= 0.3 is 0 Å². The van der Waals surface area contributed by atoms with Crippen molar-refractivity contribution in [1.29, 1.82) is 5.26 Å². The first-order valence-corrected chi connectivity index (χ1v) is 9.69. The second-order valence-corrected chi connectivity index (χ2v) is 7.48. The standard InChI is InChI=1S/C21H23FN4O2/c22-16-9-17(10-23)26(13-16)21(27)14-25-7-5-18(6-8-25)28-20-12-24-11-15-3-1-2-4-19(15)20/h1-4,11-12,16-18H,5-9,13-14H2/t16-,17-/m0/s1. The number of nitrogens with zero attached hydrogens (tertiary/aromatic N) is 4. The summed E-state index contributed by atoms with van der Waals surface area (Å²) in [7, 11) is 0. The van der Waals surface area contributed by atoms with E-state index in [2.05, 4.69) is 9.88 Å². The quantitative estimate of drug-likeness (QED) is 0.813. The van der Waals surface area contributed by atoms with Crippen LogP contribution in [0, 0.1) is 11.3 Å². The lowest BCUT2D eigenvalue weighted by Gasteiger charge is -2.33. The average molecular weight is 382 g/mol. The Kier molecular flexibility index (Phi) is 5.40. The van der Waals surface area contributed by atoms with E-state index in [9.17, 15) is 9.18 Å². The normalized spacial score (nSPS) is 23.6. The van der Waals surface area contributed by atoms with E-state index in [1.54, 1.807) is 6.20 Å². The van der Waals surface area contributed by atoms with E-state index in [4.69, 9.17) is 10.00 Å². The van der Waals surface area contributed by atoms with Crippen LogP contribution in [0.4, 0.5) is 4.39 Å². The molecule has 2 saturated heterocycles. The molecule has 2 atom stereocenters. The van der Waals surface area contributed by atoms with Gasteiger partial charge in [-0.25, -0.2) is 4.39 Å². The minimum Gasteiger partial charge on any atom is -0.488 e. The third-order valence-corrected chi connectivity index (χ3v) is 5.54. The molecular weight excluding hydrogens is 359 g/mol. The van der Waals surface area contributed by atoms with Gasteiger partial charge in [0.25, 0.3) is 0 Å². The zero-order valence-electron chi connectivity index (χ0n) is 15.6. The van der Waals surface area contributed by atoms with Crippen LogP contribution in [0.5, 0.6) is 5.75 Å². The zero-order valence-corrected chi connectivity index (χ0v) is 15.6. The number of rotatable bonds is 4. The van der Waals surface area contributed by atoms with E-state index >= 15 is 0 Å². The van der Waals surface area contributed by atoms with Crippen LogP contribution in [0.2, 0.25) is 0 Å². The van der Waals surface area contributed by atoms with Crippen LogP contribution in [-0.2, 0) is 4.79 Å². The minimum absolute atomic E-state index is 0.0325. The number of alkyl halides is 1. The highest BCUT2D eigenvalue weighted by Crippen LogP contribution is 2.27. The highest BCUT2D eigenvalue weighted by atomic mass is 19.1. The summed E-state index contributed by atoms with van der Waals surface area (Å²) >= 11 is 0. The lowest BCUT2D eigenvalue weighted by atomic mass is 10.1. The lowest BCUT2D eigenvalue weighted by Crippen LogP contribution is -2.46. The fourth-order valence-corrected chi connectivity index (χ4v) is 4.01. The van der Waals surface area contributed by atoms with Gasteiger partial charge in [0.2, 0.25) is 5.91 Å². The number of benzene rings is 1. The number of pyridine rings is 1. The Labute approximate surface area is 163 Å². The number of hydrogen-bond acceptors (Lipinski definition) is 5. The van der Waals surface area contributed by atoms with E-state index in [-0.39, 0.29) is 31.5 Å². The molecule has 28 heavy (non-hydrogen) atoms. The van der Waals surface area contributed by atoms with Crippen molar-refractivity contribution in [2.45, 2.75) is 37.6 Å². The minimum atomic E-state index is -1.10. The first-order valence-electron chi connectivity index (χ1n) is 9.69. The third-order valence-electron chi connectivity index (χ3n) is 5.54. The lowest BCUT2D eigenvalue weighted by molar-refractivity contribution is -0.133. The van der Waals surface area contributed by atoms with Crippen LogP contribution in [0.15, 0.2) is 36.7 Å². The highest BCUT2D eigenvalue weighted by molar-refractivity contribution is 5.87. The second kappa shape index (κ2) is 8.11. The Bertz CT molecular complexity index is 886. The summed E-state index contributed by atoms with van der Waals surface area (Å²) in [4.78, 5) is 20.2. The number of halogens is 1. The molecule has 2 fully saturated rings.